The van der Waals surface area contributed by atoms with Crippen LogP contribution in [0.2, 0.25) is 0 Å². The molecule has 0 aromatic heterocycles. The molecule has 82 valence electrons. The van der Waals surface area contributed by atoms with Gasteiger partial charge in [-0.3, -0.25) is 4.79 Å². The average Bonchev–Trinajstić information content (AvgIpc) is 2.60. The number of hydrogen-bond donors (Lipinski definition) is 0. The molecule has 0 spiro atoms. The molecule has 0 amide bonds. The maximum absolute atomic E-state index is 11.1. The first-order valence-corrected chi connectivity index (χ1v) is 4.49. The summed E-state index contributed by atoms with van der Waals surface area (Å²) in [6.45, 7) is 0. The zero-order valence-corrected chi connectivity index (χ0v) is 8.69. The van der Waals surface area contributed by atoms with Crippen molar-refractivity contribution >= 4 is 5.97 Å². The first kappa shape index (κ1) is 11.4. The van der Waals surface area contributed by atoms with Crippen molar-refractivity contribution in [2.24, 2.45) is 5.92 Å². The smallest absolute Gasteiger partial charge is 0.305 e. The maximum Gasteiger partial charge on any atom is 0.305 e. The molecule has 0 bridgehead atoms. The summed E-state index contributed by atoms with van der Waals surface area (Å²) in [5.41, 5.74) is 0. The lowest BCUT2D eigenvalue weighted by atomic mass is 10.0. The Bertz CT molecular complexity index is 194. The van der Waals surface area contributed by atoms with Gasteiger partial charge in [-0.05, 0) is 0 Å². The fraction of sp³-hybridized carbons (Fsp3) is 0.889. The van der Waals surface area contributed by atoms with Gasteiger partial charge in [0, 0.05) is 26.6 Å². The van der Waals surface area contributed by atoms with Gasteiger partial charge in [-0.2, -0.15) is 0 Å². The predicted octanol–water partition coefficient (Wildman–Crippen LogP) is 0.531. The summed E-state index contributed by atoms with van der Waals surface area (Å²) in [5.74, 6) is -0.241. The summed E-state index contributed by atoms with van der Waals surface area (Å²) in [6, 6.07) is 0. The van der Waals surface area contributed by atoms with Crippen LogP contribution in [0.25, 0.3) is 0 Å². The number of ether oxygens (including phenoxy) is 4. The van der Waals surface area contributed by atoms with E-state index in [1.807, 2.05) is 0 Å². The van der Waals surface area contributed by atoms with Crippen LogP contribution in [0.3, 0.4) is 0 Å². The first-order valence-electron chi connectivity index (χ1n) is 4.49. The number of esters is 1. The number of hydrogen-bond acceptors (Lipinski definition) is 5. The molecule has 1 saturated heterocycles. The number of rotatable bonds is 4. The topological polar surface area (TPSA) is 54.0 Å². The Labute approximate surface area is 83.3 Å². The van der Waals surface area contributed by atoms with Crippen molar-refractivity contribution in [3.63, 3.8) is 0 Å². The van der Waals surface area contributed by atoms with Crippen LogP contribution in [-0.2, 0) is 23.7 Å². The van der Waals surface area contributed by atoms with Gasteiger partial charge in [-0.1, -0.05) is 0 Å². The minimum atomic E-state index is -0.376. The highest BCUT2D eigenvalue weighted by Crippen LogP contribution is 2.30. The number of carbonyl (C=O) groups excluding carboxylic acids is 1. The third-order valence-corrected chi connectivity index (χ3v) is 2.32. The average molecular weight is 204 g/mol. The number of methoxy groups -OCH3 is 3. The highest BCUT2D eigenvalue weighted by Gasteiger charge is 2.36. The van der Waals surface area contributed by atoms with Crippen molar-refractivity contribution in [2.45, 2.75) is 25.4 Å². The summed E-state index contributed by atoms with van der Waals surface area (Å²) in [5, 5.41) is 0. The highest BCUT2D eigenvalue weighted by molar-refractivity contribution is 5.69. The Hall–Kier alpha value is -0.650. The Kier molecular flexibility index (Phi) is 4.31. The van der Waals surface area contributed by atoms with Crippen molar-refractivity contribution in [1.82, 2.24) is 0 Å². The van der Waals surface area contributed by atoms with E-state index >= 15 is 0 Å². The van der Waals surface area contributed by atoms with Crippen molar-refractivity contribution in [2.75, 3.05) is 21.3 Å². The second-order valence-corrected chi connectivity index (χ2v) is 3.18. The fourth-order valence-electron chi connectivity index (χ4n) is 1.55. The molecule has 0 N–H and O–H groups in total. The van der Waals surface area contributed by atoms with E-state index in [1.54, 1.807) is 14.2 Å². The van der Waals surface area contributed by atoms with Crippen molar-refractivity contribution in [3.8, 4) is 0 Å². The lowest BCUT2D eigenvalue weighted by molar-refractivity contribution is -0.194. The van der Waals surface area contributed by atoms with E-state index in [-0.39, 0.29) is 24.5 Å². The molecule has 0 radical (unpaired) electrons. The van der Waals surface area contributed by atoms with Gasteiger partial charge in [0.05, 0.1) is 13.5 Å². The predicted molar refractivity (Wildman–Crippen MR) is 47.4 cm³/mol. The number of carbonyl (C=O) groups is 1. The molecule has 5 nitrogen and oxygen atoms in total. The second-order valence-electron chi connectivity index (χ2n) is 3.18. The van der Waals surface area contributed by atoms with Gasteiger partial charge in [-0.15, -0.1) is 0 Å². The molecule has 3 unspecified atom stereocenters. The first-order chi connectivity index (χ1) is 6.71. The third kappa shape index (κ3) is 2.67. The zero-order chi connectivity index (χ0) is 10.6. The van der Waals surface area contributed by atoms with Crippen LogP contribution < -0.4 is 0 Å². The Balaban J connectivity index is 2.46. The van der Waals surface area contributed by atoms with E-state index in [2.05, 4.69) is 4.74 Å². The third-order valence-electron chi connectivity index (χ3n) is 2.32. The summed E-state index contributed by atoms with van der Waals surface area (Å²) in [4.78, 5) is 11.1. The van der Waals surface area contributed by atoms with E-state index in [1.165, 1.54) is 7.11 Å². The van der Waals surface area contributed by atoms with E-state index in [9.17, 15) is 4.79 Å². The molecule has 3 atom stereocenters. The fourth-order valence-corrected chi connectivity index (χ4v) is 1.55. The van der Waals surface area contributed by atoms with Gasteiger partial charge >= 0.3 is 5.97 Å². The van der Waals surface area contributed by atoms with Crippen molar-refractivity contribution in [3.05, 3.63) is 0 Å². The van der Waals surface area contributed by atoms with Gasteiger partial charge in [0.25, 0.3) is 0 Å². The van der Waals surface area contributed by atoms with Crippen LogP contribution in [0.5, 0.6) is 0 Å². The molecule has 0 aliphatic carbocycles. The van der Waals surface area contributed by atoms with Crippen LogP contribution in [0.4, 0.5) is 0 Å². The molecule has 0 aromatic carbocycles. The SMILES string of the molecule is COC(=O)CC1CC(OC)OC1OC. The monoisotopic (exact) mass is 204 g/mol. The van der Waals surface area contributed by atoms with Crippen LogP contribution in [-0.4, -0.2) is 39.9 Å². The van der Waals surface area contributed by atoms with E-state index in [0.717, 1.165) is 0 Å². The van der Waals surface area contributed by atoms with E-state index in [4.69, 9.17) is 14.2 Å². The zero-order valence-electron chi connectivity index (χ0n) is 8.69. The standard InChI is InChI=1S/C9H16O5/c1-11-7(10)4-6-5-8(12-2)14-9(6)13-3/h6,8-9H,4-5H2,1-3H3. The molecule has 5 heteroatoms. The van der Waals surface area contributed by atoms with E-state index in [0.29, 0.717) is 12.8 Å². The maximum atomic E-state index is 11.1. The quantitative estimate of drug-likeness (QED) is 0.625. The largest absolute Gasteiger partial charge is 0.469 e. The summed E-state index contributed by atoms with van der Waals surface area (Å²) in [6.07, 6.45) is 0.299. The molecule has 1 aliphatic heterocycles. The van der Waals surface area contributed by atoms with Crippen molar-refractivity contribution < 1.29 is 23.7 Å². The van der Waals surface area contributed by atoms with Crippen LogP contribution in [0.15, 0.2) is 0 Å². The van der Waals surface area contributed by atoms with Gasteiger partial charge in [0.15, 0.2) is 12.6 Å². The van der Waals surface area contributed by atoms with Gasteiger partial charge in [-0.25, -0.2) is 0 Å². The normalized spacial score (nSPS) is 31.8. The lowest BCUT2D eigenvalue weighted by Gasteiger charge is -2.14. The highest BCUT2D eigenvalue weighted by atomic mass is 16.8. The Morgan fingerprint density at radius 2 is 2.07 bits per heavy atom. The summed E-state index contributed by atoms with van der Waals surface area (Å²) in [7, 11) is 4.48. The Morgan fingerprint density at radius 1 is 1.36 bits per heavy atom. The molecular weight excluding hydrogens is 188 g/mol. The van der Waals surface area contributed by atoms with Crippen LogP contribution in [0, 0.1) is 5.92 Å². The molecule has 0 saturated carbocycles. The molecule has 14 heavy (non-hydrogen) atoms. The molecular formula is C9H16O5. The van der Waals surface area contributed by atoms with E-state index < -0.39 is 0 Å². The lowest BCUT2D eigenvalue weighted by Crippen LogP contribution is -2.21. The molecule has 0 aromatic rings. The minimum Gasteiger partial charge on any atom is -0.469 e. The Morgan fingerprint density at radius 3 is 2.57 bits per heavy atom. The van der Waals surface area contributed by atoms with Crippen molar-refractivity contribution in [1.29, 1.82) is 0 Å². The molecule has 1 heterocycles. The van der Waals surface area contributed by atoms with Crippen LogP contribution >= 0.6 is 0 Å². The minimum absolute atomic E-state index is 0.0115. The van der Waals surface area contributed by atoms with Gasteiger partial charge in [0.2, 0.25) is 0 Å². The molecule has 1 fully saturated rings. The molecule has 1 rings (SSSR count). The van der Waals surface area contributed by atoms with Crippen LogP contribution in [0.1, 0.15) is 12.8 Å². The summed E-state index contributed by atoms with van der Waals surface area (Å²) < 4.78 is 20.1. The molecule has 1 aliphatic rings. The van der Waals surface area contributed by atoms with Gasteiger partial charge < -0.3 is 18.9 Å². The summed E-state index contributed by atoms with van der Waals surface area (Å²) >= 11 is 0. The van der Waals surface area contributed by atoms with Gasteiger partial charge in [0.1, 0.15) is 0 Å². The second kappa shape index (κ2) is 5.29.